The van der Waals surface area contributed by atoms with Gasteiger partial charge in [0.2, 0.25) is 0 Å². The highest BCUT2D eigenvalue weighted by Gasteiger charge is 2.28. The van der Waals surface area contributed by atoms with Crippen LogP contribution in [0.5, 0.6) is 5.75 Å². The third-order valence-electron chi connectivity index (χ3n) is 3.06. The number of amides is 1. The molecular weight excluding hydrogens is 361 g/mol. The number of nitrogens with two attached hydrogens (primary N) is 1. The quantitative estimate of drug-likeness (QED) is 0.600. The van der Waals surface area contributed by atoms with Crippen LogP contribution in [-0.4, -0.2) is 12.3 Å². The van der Waals surface area contributed by atoms with E-state index >= 15 is 0 Å². The third kappa shape index (κ3) is 5.84. The Morgan fingerprint density at radius 2 is 2.00 bits per heavy atom. The lowest BCUT2D eigenvalue weighted by Gasteiger charge is -2.15. The lowest BCUT2D eigenvalue weighted by Crippen LogP contribution is -2.36. The minimum Gasteiger partial charge on any atom is -0.489 e. The van der Waals surface area contributed by atoms with Gasteiger partial charge in [-0.1, -0.05) is 17.7 Å². The van der Waals surface area contributed by atoms with Crippen molar-refractivity contribution in [3.63, 3.8) is 0 Å². The molecule has 25 heavy (non-hydrogen) atoms. The first-order valence-electron chi connectivity index (χ1n) is 6.98. The Morgan fingerprint density at radius 1 is 1.28 bits per heavy atom. The first-order valence-corrected chi connectivity index (χ1v) is 7.36. The Hall–Kier alpha value is -2.45. The number of carbonyl (C=O) groups excluding carboxylic acids is 1. The van der Waals surface area contributed by atoms with Gasteiger partial charge in [-0.15, -0.1) is 8.78 Å². The van der Waals surface area contributed by atoms with Crippen LogP contribution in [0.4, 0.5) is 23.7 Å². The molecule has 0 aliphatic heterocycles. The van der Waals surface area contributed by atoms with Crippen molar-refractivity contribution in [1.82, 2.24) is 0 Å². The summed E-state index contributed by atoms with van der Waals surface area (Å²) in [4.78, 5) is 11.4. The molecule has 0 aliphatic carbocycles. The predicted molar refractivity (Wildman–Crippen MR) is 86.2 cm³/mol. The molecule has 0 heterocycles. The highest BCUT2D eigenvalue weighted by atomic mass is 35.5. The fraction of sp³-hybridized carbons (Fsp3) is 0.188. The Kier molecular flexibility index (Phi) is 5.76. The molecule has 0 bridgehead atoms. The summed E-state index contributed by atoms with van der Waals surface area (Å²) in [5.74, 6) is 0.0301. The summed E-state index contributed by atoms with van der Waals surface area (Å²) in [7, 11) is 0. The number of rotatable bonds is 5. The predicted octanol–water partition coefficient (Wildman–Crippen LogP) is 4.42. The van der Waals surface area contributed by atoms with Gasteiger partial charge in [0.25, 0.3) is 0 Å². The molecule has 2 aromatic rings. The fourth-order valence-electron chi connectivity index (χ4n) is 1.98. The van der Waals surface area contributed by atoms with Crippen LogP contribution in [0.15, 0.2) is 36.4 Å². The fourth-order valence-corrected chi connectivity index (χ4v) is 2.15. The molecule has 0 saturated heterocycles. The number of ether oxygens (including phenoxy) is 2. The normalized spacial score (nSPS) is 11.1. The maximum absolute atomic E-state index is 13.1. The zero-order valence-corrected chi connectivity index (χ0v) is 13.7. The first kappa shape index (κ1) is 18.9. The second-order valence-corrected chi connectivity index (χ2v) is 5.51. The Bertz CT molecular complexity index is 782. The first-order chi connectivity index (χ1) is 11.6. The van der Waals surface area contributed by atoms with Crippen molar-refractivity contribution in [1.29, 1.82) is 0 Å². The Morgan fingerprint density at radius 3 is 2.64 bits per heavy atom. The molecule has 0 aromatic heterocycles. The minimum absolute atomic E-state index is 0.0295. The van der Waals surface area contributed by atoms with Crippen LogP contribution in [0.25, 0.3) is 0 Å². The molecule has 134 valence electrons. The van der Waals surface area contributed by atoms with Gasteiger partial charge in [0.1, 0.15) is 18.2 Å². The smallest absolute Gasteiger partial charge is 0.469 e. The summed E-state index contributed by atoms with van der Waals surface area (Å²) in [6, 6.07) is 8.41. The van der Waals surface area contributed by atoms with Crippen LogP contribution < -0.4 is 15.8 Å². The molecule has 0 aliphatic rings. The lowest BCUT2D eigenvalue weighted by molar-refractivity contribution is -0.189. The summed E-state index contributed by atoms with van der Waals surface area (Å²) in [5.41, 5.74) is 5.45. The van der Waals surface area contributed by atoms with E-state index in [0.29, 0.717) is 16.9 Å². The van der Waals surface area contributed by atoms with Crippen LogP contribution in [0.3, 0.4) is 0 Å². The minimum atomic E-state index is -4.11. The maximum atomic E-state index is 13.1. The molecule has 3 N–H and O–H groups in total. The van der Waals surface area contributed by atoms with Gasteiger partial charge in [0, 0.05) is 10.6 Å². The Balaban J connectivity index is 2.13. The molecular formula is C16H14ClF3N2O3. The Labute approximate surface area is 146 Å². The summed E-state index contributed by atoms with van der Waals surface area (Å²) >= 11 is 5.85. The second kappa shape index (κ2) is 7.62. The molecule has 0 atom stereocenters. The topological polar surface area (TPSA) is 73.6 Å². The number of anilines is 1. The van der Waals surface area contributed by atoms with Crippen molar-refractivity contribution in [3.05, 3.63) is 58.4 Å². The highest BCUT2D eigenvalue weighted by Crippen LogP contribution is 2.25. The maximum Gasteiger partial charge on any atom is 0.469 e. The molecule has 0 radical (unpaired) electrons. The van der Waals surface area contributed by atoms with Crippen LogP contribution in [-0.2, 0) is 11.3 Å². The van der Waals surface area contributed by atoms with Crippen molar-refractivity contribution in [2.75, 3.05) is 5.32 Å². The number of carbonyl (C=O) groups is 1. The van der Waals surface area contributed by atoms with Crippen LogP contribution in [0.1, 0.15) is 11.1 Å². The summed E-state index contributed by atoms with van der Waals surface area (Å²) in [5, 5.41) is 2.38. The van der Waals surface area contributed by atoms with Crippen LogP contribution in [0, 0.1) is 12.7 Å². The van der Waals surface area contributed by atoms with Gasteiger partial charge in [0.05, 0.1) is 5.69 Å². The van der Waals surface area contributed by atoms with Crippen molar-refractivity contribution in [2.24, 2.45) is 5.73 Å². The highest BCUT2D eigenvalue weighted by molar-refractivity contribution is 6.31. The van der Waals surface area contributed by atoms with E-state index in [1.807, 2.05) is 0 Å². The summed E-state index contributed by atoms with van der Waals surface area (Å²) < 4.78 is 47.4. The SMILES string of the molecule is Cc1cc(F)ccc1OCc1ccc(Cl)cc1NC(=O)OC(N)(F)F. The molecule has 2 rings (SSSR count). The van der Waals surface area contributed by atoms with E-state index in [4.69, 9.17) is 16.3 Å². The number of nitrogens with one attached hydrogen (secondary N) is 1. The molecule has 0 spiro atoms. The summed E-state index contributed by atoms with van der Waals surface area (Å²) in [6.45, 7) is 1.64. The van der Waals surface area contributed by atoms with Gasteiger partial charge in [-0.25, -0.2) is 14.9 Å². The van der Waals surface area contributed by atoms with E-state index < -0.39 is 18.1 Å². The standard InChI is InChI=1S/C16H14ClF3N2O3/c1-9-6-12(18)4-5-14(9)24-8-10-2-3-11(17)7-13(10)22-15(23)25-16(19,20)21/h2-7H,8,21H2,1H3,(H,22,23). The van der Waals surface area contributed by atoms with E-state index in [2.05, 4.69) is 15.8 Å². The number of alkyl halides is 2. The van der Waals surface area contributed by atoms with E-state index in [1.54, 1.807) is 6.92 Å². The zero-order valence-electron chi connectivity index (χ0n) is 13.0. The average molecular weight is 375 g/mol. The van der Waals surface area contributed by atoms with Gasteiger partial charge in [0.15, 0.2) is 0 Å². The molecule has 2 aromatic carbocycles. The number of hydrogen-bond acceptors (Lipinski definition) is 4. The van der Waals surface area contributed by atoms with Gasteiger partial charge >= 0.3 is 12.3 Å². The number of halogens is 4. The number of aryl methyl sites for hydroxylation is 1. The van der Waals surface area contributed by atoms with E-state index in [-0.39, 0.29) is 17.3 Å². The third-order valence-corrected chi connectivity index (χ3v) is 3.29. The van der Waals surface area contributed by atoms with Crippen molar-refractivity contribution >= 4 is 23.4 Å². The molecule has 0 unspecified atom stereocenters. The van der Waals surface area contributed by atoms with Crippen molar-refractivity contribution in [3.8, 4) is 5.75 Å². The van der Waals surface area contributed by atoms with Gasteiger partial charge in [-0.2, -0.15) is 0 Å². The van der Waals surface area contributed by atoms with E-state index in [1.165, 1.54) is 36.4 Å². The van der Waals surface area contributed by atoms with Gasteiger partial charge in [-0.3, -0.25) is 5.32 Å². The molecule has 0 saturated carbocycles. The average Bonchev–Trinajstić information content (AvgIpc) is 2.46. The monoisotopic (exact) mass is 374 g/mol. The molecule has 1 amide bonds. The van der Waals surface area contributed by atoms with E-state index in [0.717, 1.165) is 0 Å². The molecule has 5 nitrogen and oxygen atoms in total. The van der Waals surface area contributed by atoms with Crippen LogP contribution >= 0.6 is 11.6 Å². The van der Waals surface area contributed by atoms with Crippen LogP contribution in [0.2, 0.25) is 5.02 Å². The number of benzene rings is 2. The zero-order chi connectivity index (χ0) is 18.6. The molecule has 9 heteroatoms. The molecule has 0 fully saturated rings. The van der Waals surface area contributed by atoms with Crippen molar-refractivity contribution in [2.45, 2.75) is 19.8 Å². The van der Waals surface area contributed by atoms with E-state index in [9.17, 15) is 18.0 Å². The largest absolute Gasteiger partial charge is 0.489 e. The summed E-state index contributed by atoms with van der Waals surface area (Å²) in [6.07, 6.45) is -5.56. The number of hydrogen-bond donors (Lipinski definition) is 2. The van der Waals surface area contributed by atoms with Gasteiger partial charge < -0.3 is 9.47 Å². The van der Waals surface area contributed by atoms with Crippen molar-refractivity contribution < 1.29 is 27.4 Å². The second-order valence-electron chi connectivity index (χ2n) is 5.08. The van der Waals surface area contributed by atoms with Gasteiger partial charge in [-0.05, 0) is 42.8 Å². The lowest BCUT2D eigenvalue weighted by atomic mass is 10.2.